The average molecular weight is 601 g/mol. The Bertz CT molecular complexity index is 1110. The van der Waals surface area contributed by atoms with E-state index in [1.54, 1.807) is 18.7 Å². The number of aliphatic carboxylic acids is 1. The number of nitrogens with one attached hydrogen (secondary N) is 1. The fourth-order valence-electron chi connectivity index (χ4n) is 7.81. The van der Waals surface area contributed by atoms with Crippen molar-refractivity contribution in [2.75, 3.05) is 12.4 Å². The lowest BCUT2D eigenvalue weighted by Gasteiger charge is -2.35. The molecule has 4 fully saturated rings. The first-order valence-corrected chi connectivity index (χ1v) is 16.7. The second-order valence-electron chi connectivity index (χ2n) is 12.8. The number of carboxylic acids is 1. The van der Waals surface area contributed by atoms with Crippen molar-refractivity contribution in [3.8, 4) is 0 Å². The van der Waals surface area contributed by atoms with Crippen molar-refractivity contribution >= 4 is 33.7 Å². The van der Waals surface area contributed by atoms with Crippen LogP contribution in [0, 0.1) is 22.7 Å². The van der Waals surface area contributed by atoms with Crippen LogP contribution < -0.4 is 5.32 Å². The smallest absolute Gasteiger partial charge is 0.326 e. The fourth-order valence-corrected chi connectivity index (χ4v) is 9.11. The van der Waals surface area contributed by atoms with Gasteiger partial charge in [0.15, 0.2) is 0 Å². The van der Waals surface area contributed by atoms with Gasteiger partial charge in [-0.3, -0.25) is 24.3 Å². The molecule has 1 aliphatic heterocycles. The lowest BCUT2D eigenvalue weighted by Crippen LogP contribution is -2.55. The third-order valence-electron chi connectivity index (χ3n) is 10.2. The number of hydrogen-bond donors (Lipinski definition) is 3. The number of carbonyl (C=O) groups excluding carboxylic acids is 3. The zero-order valence-electron chi connectivity index (χ0n) is 25.1. The van der Waals surface area contributed by atoms with Gasteiger partial charge in [-0.1, -0.05) is 40.0 Å². The van der Waals surface area contributed by atoms with E-state index in [9.17, 15) is 32.7 Å². The highest BCUT2D eigenvalue weighted by Gasteiger charge is 2.65. The number of likely N-dealkylation sites (tertiary alicyclic amines) is 1. The summed E-state index contributed by atoms with van der Waals surface area (Å²) in [6.45, 7) is 9.61. The van der Waals surface area contributed by atoms with Gasteiger partial charge in [0.05, 0.1) is 23.8 Å². The highest BCUT2D eigenvalue weighted by molar-refractivity contribution is 7.85. The molecule has 0 spiro atoms. The van der Waals surface area contributed by atoms with Crippen LogP contribution in [-0.4, -0.2) is 83.1 Å². The number of fused-ring (bicyclic) bond motifs is 3. The van der Waals surface area contributed by atoms with Crippen molar-refractivity contribution < 1.29 is 42.0 Å². The van der Waals surface area contributed by atoms with Crippen LogP contribution in [0.25, 0.3) is 0 Å². The van der Waals surface area contributed by atoms with Crippen LogP contribution in [0.3, 0.4) is 0 Å². The molecule has 3 aliphatic carbocycles. The van der Waals surface area contributed by atoms with Crippen molar-refractivity contribution in [3.05, 3.63) is 0 Å². The number of carbonyl (C=O) groups is 4. The Balaban J connectivity index is 0.000000260. The molecule has 2 bridgehead atoms. The van der Waals surface area contributed by atoms with Crippen LogP contribution in [0.15, 0.2) is 0 Å². The predicted octanol–water partition coefficient (Wildman–Crippen LogP) is 3.21. The summed E-state index contributed by atoms with van der Waals surface area (Å²) in [5.41, 5.74) is -1.12. The van der Waals surface area contributed by atoms with E-state index < -0.39 is 45.4 Å². The summed E-state index contributed by atoms with van der Waals surface area (Å²) in [5, 5.41) is 12.7. The van der Waals surface area contributed by atoms with E-state index in [4.69, 9.17) is 9.29 Å². The van der Waals surface area contributed by atoms with E-state index in [1.807, 2.05) is 20.8 Å². The number of Topliss-reactive ketones (excluding diaryl/α,β-unsaturated/α-hetero) is 1. The molecule has 12 heteroatoms. The van der Waals surface area contributed by atoms with Gasteiger partial charge in [-0.25, -0.2) is 4.79 Å². The van der Waals surface area contributed by atoms with E-state index in [1.165, 1.54) is 0 Å². The van der Waals surface area contributed by atoms with Gasteiger partial charge >= 0.3 is 11.9 Å². The molecule has 1 heterocycles. The van der Waals surface area contributed by atoms with Crippen molar-refractivity contribution in [1.29, 1.82) is 0 Å². The number of rotatable bonds is 10. The molecule has 3 N–H and O–H groups in total. The monoisotopic (exact) mass is 600 g/mol. The normalized spacial score (nSPS) is 31.6. The van der Waals surface area contributed by atoms with Crippen LogP contribution in [0.5, 0.6) is 0 Å². The molecule has 4 aliphatic rings. The minimum Gasteiger partial charge on any atom is -0.480 e. The molecule has 0 aromatic carbocycles. The number of esters is 1. The molecule has 0 aromatic rings. The number of hydrogen-bond acceptors (Lipinski definition) is 8. The Labute approximate surface area is 243 Å². The van der Waals surface area contributed by atoms with Crippen molar-refractivity contribution in [2.24, 2.45) is 22.7 Å². The molecule has 7 atom stereocenters. The third kappa shape index (κ3) is 6.96. The minimum absolute atomic E-state index is 0.00817. The summed E-state index contributed by atoms with van der Waals surface area (Å²) in [7, 11) is -4.08. The molecule has 3 saturated carbocycles. The molecule has 0 radical (unpaired) electrons. The summed E-state index contributed by atoms with van der Waals surface area (Å²) in [4.78, 5) is 50.4. The summed E-state index contributed by atoms with van der Waals surface area (Å²) < 4.78 is 36.1. The van der Waals surface area contributed by atoms with E-state index in [-0.39, 0.29) is 41.0 Å². The van der Waals surface area contributed by atoms with Gasteiger partial charge in [-0.2, -0.15) is 8.42 Å². The summed E-state index contributed by atoms with van der Waals surface area (Å²) in [6, 6.07) is -1.92. The van der Waals surface area contributed by atoms with Crippen LogP contribution in [0.4, 0.5) is 0 Å². The van der Waals surface area contributed by atoms with E-state index in [2.05, 4.69) is 5.32 Å². The standard InChI is InChI=1S/C19H32N2O5.C10H16O4S/c1-4-8-14(19(25)26-5-2)20-12(3)17(22)21-15-10-7-6-9-13(15)11-16(21)18(23)24;1-9(2)7-3-4-10(9,8(11)5-7)6-15(12,13)14/h12-16,20H,4-11H2,1-3H3,(H,23,24);7H,3-6H2,1-2H3,(H,12,13,14)/t12-,13-,14-,15-,16-;7-,10-/m00/s1. The second kappa shape index (κ2) is 13.1. The summed E-state index contributed by atoms with van der Waals surface area (Å²) in [5.74, 6) is -1.35. The maximum absolute atomic E-state index is 13.1. The molecule has 0 unspecified atom stereocenters. The van der Waals surface area contributed by atoms with Crippen molar-refractivity contribution in [2.45, 2.75) is 123 Å². The number of amides is 1. The summed E-state index contributed by atoms with van der Waals surface area (Å²) in [6.07, 6.45) is 7.85. The zero-order chi connectivity index (χ0) is 30.8. The lowest BCUT2D eigenvalue weighted by atomic mass is 9.70. The second-order valence-corrected chi connectivity index (χ2v) is 14.3. The predicted molar refractivity (Wildman–Crippen MR) is 152 cm³/mol. The minimum atomic E-state index is -4.08. The Hall–Kier alpha value is -2.05. The van der Waals surface area contributed by atoms with E-state index in [0.717, 1.165) is 38.5 Å². The van der Waals surface area contributed by atoms with E-state index >= 15 is 0 Å². The topological polar surface area (TPSA) is 167 Å². The highest BCUT2D eigenvalue weighted by atomic mass is 32.2. The first-order chi connectivity index (χ1) is 19.1. The van der Waals surface area contributed by atoms with Gasteiger partial charge in [0.25, 0.3) is 10.1 Å². The molecule has 1 saturated heterocycles. The third-order valence-corrected chi connectivity index (χ3v) is 11.0. The van der Waals surface area contributed by atoms with Gasteiger partial charge in [0.1, 0.15) is 17.9 Å². The SMILES string of the molecule is CC1(C)[C@H]2CC[C@]1(CS(=O)(=O)O)C(=O)C2.CCC[C@H](N[C@@H](C)C(=O)N1[C@H](C(=O)O)C[C@@H]2CCCC[C@@H]21)C(=O)OCC. The molecule has 0 aromatic heterocycles. The summed E-state index contributed by atoms with van der Waals surface area (Å²) >= 11 is 0. The van der Waals surface area contributed by atoms with Gasteiger partial charge in [-0.05, 0) is 69.6 Å². The number of ether oxygens (including phenoxy) is 1. The first kappa shape index (κ1) is 33.5. The molecule has 41 heavy (non-hydrogen) atoms. The maximum atomic E-state index is 13.1. The molecule has 4 rings (SSSR count). The molecule has 11 nitrogen and oxygen atoms in total. The van der Waals surface area contributed by atoms with Crippen LogP contribution in [0.2, 0.25) is 0 Å². The highest BCUT2D eigenvalue weighted by Crippen LogP contribution is 2.64. The fraction of sp³-hybridized carbons (Fsp3) is 0.862. The van der Waals surface area contributed by atoms with E-state index in [0.29, 0.717) is 32.3 Å². The Kier molecular flexibility index (Phi) is 10.7. The Morgan fingerprint density at radius 3 is 2.32 bits per heavy atom. The number of carboxylic acid groups (broad SMARTS) is 1. The number of nitrogens with zero attached hydrogens (tertiary/aromatic N) is 1. The molecule has 234 valence electrons. The molecule has 1 amide bonds. The first-order valence-electron chi connectivity index (χ1n) is 15.1. The largest absolute Gasteiger partial charge is 0.480 e. The van der Waals surface area contributed by atoms with Crippen LogP contribution in [0.1, 0.15) is 98.8 Å². The molecular weight excluding hydrogens is 552 g/mol. The van der Waals surface area contributed by atoms with Crippen molar-refractivity contribution in [3.63, 3.8) is 0 Å². The van der Waals surface area contributed by atoms with Gasteiger partial charge in [0, 0.05) is 12.5 Å². The Morgan fingerprint density at radius 1 is 1.15 bits per heavy atom. The van der Waals surface area contributed by atoms with Crippen LogP contribution >= 0.6 is 0 Å². The lowest BCUT2D eigenvalue weighted by molar-refractivity contribution is -0.152. The van der Waals surface area contributed by atoms with Gasteiger partial charge in [-0.15, -0.1) is 0 Å². The zero-order valence-corrected chi connectivity index (χ0v) is 25.9. The quantitative estimate of drug-likeness (QED) is 0.250. The Morgan fingerprint density at radius 2 is 1.80 bits per heavy atom. The number of ketones is 1. The maximum Gasteiger partial charge on any atom is 0.326 e. The van der Waals surface area contributed by atoms with Crippen molar-refractivity contribution in [1.82, 2.24) is 10.2 Å². The average Bonchev–Trinajstić information content (AvgIpc) is 3.44. The van der Waals surface area contributed by atoms with Gasteiger partial charge in [0.2, 0.25) is 5.91 Å². The van der Waals surface area contributed by atoms with Crippen LogP contribution in [-0.2, 0) is 34.0 Å². The molecular formula is C29H48N2O9S. The van der Waals surface area contributed by atoms with Gasteiger partial charge < -0.3 is 14.7 Å².